The van der Waals surface area contributed by atoms with Crippen LogP contribution in [-0.4, -0.2) is 16.1 Å². The van der Waals surface area contributed by atoms with Gasteiger partial charge in [-0.2, -0.15) is 0 Å². The molecule has 0 amide bonds. The molecular weight excluding hydrogens is 182 g/mol. The van der Waals surface area contributed by atoms with Crippen LogP contribution in [0.3, 0.4) is 0 Å². The lowest BCUT2D eigenvalue weighted by Gasteiger charge is -2.04. The molecule has 0 saturated heterocycles. The standard InChI is InChI=1S/C10H13NO3/c1-7-3-4-9(5-8(2)12)6-10(7)11(13)14/h3-4,6,8,12H,5H2,1-2H3/t8-/m0/s1. The van der Waals surface area contributed by atoms with Crippen LogP contribution in [0.2, 0.25) is 0 Å². The molecule has 76 valence electrons. The molecule has 1 aromatic carbocycles. The van der Waals surface area contributed by atoms with Crippen molar-refractivity contribution in [2.45, 2.75) is 26.4 Å². The van der Waals surface area contributed by atoms with Gasteiger partial charge in [0.2, 0.25) is 0 Å². The molecule has 0 aliphatic heterocycles. The third-order valence-electron chi connectivity index (χ3n) is 2.00. The number of hydrogen-bond acceptors (Lipinski definition) is 3. The number of aliphatic hydroxyl groups excluding tert-OH is 1. The summed E-state index contributed by atoms with van der Waals surface area (Å²) in [4.78, 5) is 10.2. The van der Waals surface area contributed by atoms with Crippen molar-refractivity contribution in [3.63, 3.8) is 0 Å². The lowest BCUT2D eigenvalue weighted by molar-refractivity contribution is -0.385. The molecule has 1 aromatic rings. The molecule has 0 bridgehead atoms. The number of nitro benzene ring substituents is 1. The molecule has 4 nitrogen and oxygen atoms in total. The molecule has 14 heavy (non-hydrogen) atoms. The van der Waals surface area contributed by atoms with Gasteiger partial charge in [-0.05, 0) is 25.8 Å². The summed E-state index contributed by atoms with van der Waals surface area (Å²) in [5.74, 6) is 0. The minimum atomic E-state index is -0.475. The Morgan fingerprint density at radius 3 is 2.71 bits per heavy atom. The molecule has 0 unspecified atom stereocenters. The van der Waals surface area contributed by atoms with Crippen LogP contribution in [0, 0.1) is 17.0 Å². The topological polar surface area (TPSA) is 63.4 Å². The quantitative estimate of drug-likeness (QED) is 0.591. The van der Waals surface area contributed by atoms with Gasteiger partial charge in [0.15, 0.2) is 0 Å². The van der Waals surface area contributed by atoms with Crippen molar-refractivity contribution in [3.8, 4) is 0 Å². The van der Waals surface area contributed by atoms with Crippen molar-refractivity contribution in [3.05, 3.63) is 39.4 Å². The van der Waals surface area contributed by atoms with Crippen molar-refractivity contribution < 1.29 is 10.0 Å². The van der Waals surface area contributed by atoms with Crippen LogP contribution in [0.5, 0.6) is 0 Å². The molecule has 0 heterocycles. The van der Waals surface area contributed by atoms with Crippen molar-refractivity contribution in [1.82, 2.24) is 0 Å². The van der Waals surface area contributed by atoms with Gasteiger partial charge in [-0.15, -0.1) is 0 Å². The summed E-state index contributed by atoms with van der Waals surface area (Å²) in [5.41, 5.74) is 1.55. The number of nitrogens with zero attached hydrogens (tertiary/aromatic N) is 1. The molecule has 0 spiro atoms. The molecule has 0 fully saturated rings. The summed E-state index contributed by atoms with van der Waals surface area (Å²) in [7, 11) is 0. The molecule has 1 rings (SSSR count). The van der Waals surface area contributed by atoms with Crippen LogP contribution >= 0.6 is 0 Å². The number of aryl methyl sites for hydroxylation is 1. The highest BCUT2D eigenvalue weighted by atomic mass is 16.6. The van der Waals surface area contributed by atoms with Gasteiger partial charge in [-0.1, -0.05) is 12.1 Å². The van der Waals surface area contributed by atoms with Gasteiger partial charge in [0, 0.05) is 11.6 Å². The van der Waals surface area contributed by atoms with Gasteiger partial charge in [0.25, 0.3) is 5.69 Å². The minimum absolute atomic E-state index is 0.114. The monoisotopic (exact) mass is 195 g/mol. The zero-order valence-corrected chi connectivity index (χ0v) is 8.23. The lowest BCUT2D eigenvalue weighted by atomic mass is 10.1. The van der Waals surface area contributed by atoms with E-state index in [1.54, 1.807) is 26.0 Å². The van der Waals surface area contributed by atoms with Crippen molar-refractivity contribution in [1.29, 1.82) is 0 Å². The van der Waals surface area contributed by atoms with Crippen LogP contribution in [0.1, 0.15) is 18.1 Å². The number of benzene rings is 1. The van der Waals surface area contributed by atoms with E-state index in [0.717, 1.165) is 5.56 Å². The zero-order valence-electron chi connectivity index (χ0n) is 8.23. The normalized spacial score (nSPS) is 12.5. The van der Waals surface area contributed by atoms with Gasteiger partial charge in [0.1, 0.15) is 0 Å². The Morgan fingerprint density at radius 1 is 1.57 bits per heavy atom. The van der Waals surface area contributed by atoms with E-state index in [4.69, 9.17) is 5.11 Å². The highest BCUT2D eigenvalue weighted by molar-refractivity contribution is 5.42. The summed E-state index contributed by atoms with van der Waals surface area (Å²) in [6.45, 7) is 3.36. The smallest absolute Gasteiger partial charge is 0.272 e. The Bertz CT molecular complexity index is 347. The first kappa shape index (κ1) is 10.7. The van der Waals surface area contributed by atoms with E-state index in [1.807, 2.05) is 0 Å². The van der Waals surface area contributed by atoms with E-state index in [-0.39, 0.29) is 5.69 Å². The van der Waals surface area contributed by atoms with E-state index in [1.165, 1.54) is 6.07 Å². The van der Waals surface area contributed by atoms with E-state index < -0.39 is 11.0 Å². The zero-order chi connectivity index (χ0) is 10.7. The first-order valence-corrected chi connectivity index (χ1v) is 4.42. The average Bonchev–Trinajstić information content (AvgIpc) is 2.07. The molecule has 0 radical (unpaired) electrons. The number of hydrogen-bond donors (Lipinski definition) is 1. The fraction of sp³-hybridized carbons (Fsp3) is 0.400. The van der Waals surface area contributed by atoms with Gasteiger partial charge in [0.05, 0.1) is 11.0 Å². The molecule has 0 aromatic heterocycles. The van der Waals surface area contributed by atoms with E-state index in [9.17, 15) is 10.1 Å². The largest absolute Gasteiger partial charge is 0.393 e. The Kier molecular flexibility index (Phi) is 3.19. The minimum Gasteiger partial charge on any atom is -0.393 e. The van der Waals surface area contributed by atoms with Crippen LogP contribution in [-0.2, 0) is 6.42 Å². The lowest BCUT2D eigenvalue weighted by Crippen LogP contribution is -2.04. The summed E-state index contributed by atoms with van der Waals surface area (Å²) >= 11 is 0. The molecule has 1 N–H and O–H groups in total. The highest BCUT2D eigenvalue weighted by Gasteiger charge is 2.11. The molecule has 0 aliphatic carbocycles. The van der Waals surface area contributed by atoms with Crippen LogP contribution in [0.4, 0.5) is 5.69 Å². The molecular formula is C10H13NO3. The molecule has 4 heteroatoms. The fourth-order valence-corrected chi connectivity index (χ4v) is 1.32. The molecule has 0 aliphatic rings. The Balaban J connectivity index is 3.00. The van der Waals surface area contributed by atoms with Gasteiger partial charge in [-0.25, -0.2) is 0 Å². The maximum absolute atomic E-state index is 10.6. The van der Waals surface area contributed by atoms with E-state index in [2.05, 4.69) is 0 Å². The van der Waals surface area contributed by atoms with Crippen LogP contribution in [0.25, 0.3) is 0 Å². The van der Waals surface area contributed by atoms with Crippen LogP contribution in [0.15, 0.2) is 18.2 Å². The Labute approximate surface area is 82.3 Å². The van der Waals surface area contributed by atoms with Crippen LogP contribution < -0.4 is 0 Å². The van der Waals surface area contributed by atoms with E-state index in [0.29, 0.717) is 12.0 Å². The third-order valence-corrected chi connectivity index (χ3v) is 2.00. The average molecular weight is 195 g/mol. The predicted octanol–water partition coefficient (Wildman–Crippen LogP) is 1.83. The first-order chi connectivity index (χ1) is 6.50. The maximum atomic E-state index is 10.6. The van der Waals surface area contributed by atoms with Gasteiger partial charge < -0.3 is 5.11 Å². The predicted molar refractivity (Wildman–Crippen MR) is 53.2 cm³/mol. The second kappa shape index (κ2) is 4.19. The van der Waals surface area contributed by atoms with Gasteiger partial charge in [-0.3, -0.25) is 10.1 Å². The number of rotatable bonds is 3. The first-order valence-electron chi connectivity index (χ1n) is 4.42. The fourth-order valence-electron chi connectivity index (χ4n) is 1.32. The number of nitro groups is 1. The third kappa shape index (κ3) is 2.53. The number of aliphatic hydroxyl groups is 1. The summed E-state index contributed by atoms with van der Waals surface area (Å²) < 4.78 is 0. The molecule has 1 atom stereocenters. The Morgan fingerprint density at radius 2 is 2.21 bits per heavy atom. The highest BCUT2D eigenvalue weighted by Crippen LogP contribution is 2.19. The van der Waals surface area contributed by atoms with Gasteiger partial charge >= 0.3 is 0 Å². The summed E-state index contributed by atoms with van der Waals surface area (Å²) in [5, 5.41) is 19.7. The second-order valence-corrected chi connectivity index (χ2v) is 3.43. The van der Waals surface area contributed by atoms with E-state index >= 15 is 0 Å². The summed E-state index contributed by atoms with van der Waals surface area (Å²) in [6, 6.07) is 5.02. The van der Waals surface area contributed by atoms with Crippen molar-refractivity contribution in [2.75, 3.05) is 0 Å². The second-order valence-electron chi connectivity index (χ2n) is 3.43. The SMILES string of the molecule is Cc1ccc(C[C@H](C)O)cc1[N+](=O)[O-]. The molecule has 0 saturated carbocycles. The van der Waals surface area contributed by atoms with Crippen molar-refractivity contribution in [2.24, 2.45) is 0 Å². The van der Waals surface area contributed by atoms with Crippen molar-refractivity contribution >= 4 is 5.69 Å². The maximum Gasteiger partial charge on any atom is 0.272 e. The Hall–Kier alpha value is -1.42. The summed E-state index contributed by atoms with van der Waals surface area (Å²) in [6.07, 6.45) is -0.0292.